The first-order valence-corrected chi connectivity index (χ1v) is 6.05. The van der Waals surface area contributed by atoms with Crippen LogP contribution >= 0.6 is 0 Å². The maximum Gasteiger partial charge on any atom is 0.225 e. The van der Waals surface area contributed by atoms with Crippen LogP contribution < -0.4 is 4.72 Å². The normalized spacial score (nSPS) is 16.0. The monoisotopic (exact) mass is 235 g/mol. The van der Waals surface area contributed by atoms with Crippen molar-refractivity contribution in [3.63, 3.8) is 0 Å². The van der Waals surface area contributed by atoms with Crippen molar-refractivity contribution in [3.8, 4) is 6.07 Å². The summed E-state index contributed by atoms with van der Waals surface area (Å²) in [6.07, 6.45) is 0. The molecule has 0 aromatic rings. The van der Waals surface area contributed by atoms with Gasteiger partial charge in [-0.1, -0.05) is 0 Å². The molecule has 0 bridgehead atoms. The molecule has 0 saturated carbocycles. The molecule has 0 amide bonds. The number of aliphatic hydroxyl groups is 1. The van der Waals surface area contributed by atoms with E-state index in [1.807, 2.05) is 0 Å². The first-order valence-electron chi connectivity index (χ1n) is 4.40. The molecule has 15 heavy (non-hydrogen) atoms. The van der Waals surface area contributed by atoms with Crippen LogP contribution in [0.5, 0.6) is 0 Å². The van der Waals surface area contributed by atoms with Crippen molar-refractivity contribution in [2.45, 2.75) is 12.5 Å². The molecule has 0 saturated heterocycles. The molecule has 0 aromatic carbocycles. The van der Waals surface area contributed by atoms with Crippen molar-refractivity contribution in [1.82, 2.24) is 9.62 Å². The van der Waals surface area contributed by atoms with Crippen LogP contribution in [0.25, 0.3) is 0 Å². The summed E-state index contributed by atoms with van der Waals surface area (Å²) >= 11 is 0. The fourth-order valence-corrected chi connectivity index (χ4v) is 1.94. The zero-order valence-corrected chi connectivity index (χ0v) is 10.0. The number of hydrogen-bond donors (Lipinski definition) is 2. The van der Waals surface area contributed by atoms with Gasteiger partial charge in [-0.05, 0) is 21.0 Å². The number of likely N-dealkylation sites (N-methyl/N-ethyl adjacent to an activating group) is 1. The highest BCUT2D eigenvalue weighted by Gasteiger charge is 2.23. The van der Waals surface area contributed by atoms with Gasteiger partial charge in [0.2, 0.25) is 10.0 Å². The molecule has 0 aromatic heterocycles. The van der Waals surface area contributed by atoms with E-state index in [2.05, 4.69) is 4.72 Å². The Labute approximate surface area is 90.6 Å². The number of nitrogens with one attached hydrogen (secondary N) is 1. The van der Waals surface area contributed by atoms with Gasteiger partial charge >= 0.3 is 0 Å². The summed E-state index contributed by atoms with van der Waals surface area (Å²) in [6.45, 7) is 1.76. The lowest BCUT2D eigenvalue weighted by Gasteiger charge is -2.26. The highest BCUT2D eigenvalue weighted by Crippen LogP contribution is 2.03. The minimum atomic E-state index is -3.59. The van der Waals surface area contributed by atoms with Crippen molar-refractivity contribution in [1.29, 1.82) is 5.26 Å². The van der Waals surface area contributed by atoms with Crippen LogP contribution in [-0.2, 0) is 10.0 Å². The summed E-state index contributed by atoms with van der Waals surface area (Å²) in [7, 11) is -0.0382. The van der Waals surface area contributed by atoms with E-state index >= 15 is 0 Å². The highest BCUT2D eigenvalue weighted by molar-refractivity contribution is 7.89. The van der Waals surface area contributed by atoms with Gasteiger partial charge in [0.25, 0.3) is 0 Å². The first kappa shape index (κ1) is 14.3. The van der Waals surface area contributed by atoms with Gasteiger partial charge < -0.3 is 10.0 Å². The van der Waals surface area contributed by atoms with Crippen LogP contribution in [0.15, 0.2) is 0 Å². The lowest BCUT2D eigenvalue weighted by atomic mass is 10.1. The largest absolute Gasteiger partial charge is 0.387 e. The quantitative estimate of drug-likeness (QED) is 0.599. The summed E-state index contributed by atoms with van der Waals surface area (Å²) < 4.78 is 24.4. The van der Waals surface area contributed by atoms with E-state index < -0.39 is 21.4 Å². The summed E-state index contributed by atoms with van der Waals surface area (Å²) in [4.78, 5) is 1.75. The van der Waals surface area contributed by atoms with Gasteiger partial charge in [-0.15, -0.1) is 0 Å². The minimum absolute atomic E-state index is 0.102. The van der Waals surface area contributed by atoms with E-state index in [0.717, 1.165) is 0 Å². The molecule has 0 radical (unpaired) electrons. The summed E-state index contributed by atoms with van der Waals surface area (Å²) in [6, 6.07) is 1.54. The van der Waals surface area contributed by atoms with Crippen LogP contribution in [0.3, 0.4) is 0 Å². The molecular formula is C8H17N3O3S. The molecule has 0 aliphatic heterocycles. The fourth-order valence-electron chi connectivity index (χ4n) is 1.14. The fraction of sp³-hybridized carbons (Fsp3) is 0.875. The van der Waals surface area contributed by atoms with Crippen molar-refractivity contribution in [3.05, 3.63) is 0 Å². The predicted octanol–water partition coefficient (Wildman–Crippen LogP) is -1.26. The second kappa shape index (κ2) is 5.42. The zero-order chi connectivity index (χ0) is 12.1. The third-order valence-electron chi connectivity index (χ3n) is 1.58. The summed E-state index contributed by atoms with van der Waals surface area (Å²) in [5.41, 5.74) is -1.15. The number of nitrogens with zero attached hydrogens (tertiary/aromatic N) is 2. The number of rotatable bonds is 6. The molecule has 7 heteroatoms. The van der Waals surface area contributed by atoms with Gasteiger partial charge in [-0.2, -0.15) is 5.26 Å². The number of hydrogen-bond acceptors (Lipinski definition) is 5. The highest BCUT2D eigenvalue weighted by atomic mass is 32.2. The van der Waals surface area contributed by atoms with Gasteiger partial charge in [-0.3, -0.25) is 0 Å². The topological polar surface area (TPSA) is 93.4 Å². The summed E-state index contributed by atoms with van der Waals surface area (Å²) in [5, 5.41) is 18.0. The van der Waals surface area contributed by atoms with Crippen molar-refractivity contribution in [2.24, 2.45) is 0 Å². The van der Waals surface area contributed by atoms with Crippen LogP contribution in [0.1, 0.15) is 6.92 Å². The Morgan fingerprint density at radius 3 is 2.47 bits per heavy atom. The average Bonchev–Trinajstić information content (AvgIpc) is 1.99. The molecule has 1 unspecified atom stereocenters. The van der Waals surface area contributed by atoms with E-state index in [0.29, 0.717) is 6.54 Å². The maximum absolute atomic E-state index is 11.1. The molecule has 0 fully saturated rings. The van der Waals surface area contributed by atoms with Crippen LogP contribution in [0.2, 0.25) is 0 Å². The molecular weight excluding hydrogens is 218 g/mol. The molecule has 0 aliphatic rings. The van der Waals surface area contributed by atoms with Gasteiger partial charge in [0.05, 0.1) is 11.7 Å². The van der Waals surface area contributed by atoms with E-state index in [9.17, 15) is 13.5 Å². The Bertz CT molecular complexity index is 330. The molecule has 1 atom stereocenters. The average molecular weight is 235 g/mol. The molecule has 0 aliphatic carbocycles. The lowest BCUT2D eigenvalue weighted by molar-refractivity contribution is 0.0386. The molecule has 6 nitrogen and oxygen atoms in total. The summed E-state index contributed by atoms with van der Waals surface area (Å²) in [5.74, 6) is -0.592. The molecule has 2 N–H and O–H groups in total. The Balaban J connectivity index is 4.21. The first-order chi connectivity index (χ1) is 6.68. The Kier molecular flexibility index (Phi) is 5.17. The Morgan fingerprint density at radius 1 is 1.53 bits per heavy atom. The smallest absolute Gasteiger partial charge is 0.225 e. The standard InChI is InChI=1S/C8H17N3O3S/c1-8(12,7-11(2)3)6-10-15(13,14)5-4-9/h10,12H,5-7H2,1-3H3. The second-order valence-electron chi connectivity index (χ2n) is 3.97. The molecule has 0 rings (SSSR count). The third-order valence-corrected chi connectivity index (χ3v) is 2.68. The second-order valence-corrected chi connectivity index (χ2v) is 5.78. The number of sulfonamides is 1. The van der Waals surface area contributed by atoms with Crippen molar-refractivity contribution in [2.75, 3.05) is 32.9 Å². The Hall–Kier alpha value is -0.680. The van der Waals surface area contributed by atoms with E-state index in [1.165, 1.54) is 6.92 Å². The lowest BCUT2D eigenvalue weighted by Crippen LogP contribution is -2.47. The van der Waals surface area contributed by atoms with Gasteiger partial charge in [0.1, 0.15) is 0 Å². The van der Waals surface area contributed by atoms with Crippen molar-refractivity contribution >= 4 is 10.0 Å². The van der Waals surface area contributed by atoms with Crippen LogP contribution in [0, 0.1) is 11.3 Å². The predicted molar refractivity (Wildman–Crippen MR) is 56.6 cm³/mol. The van der Waals surface area contributed by atoms with E-state index in [-0.39, 0.29) is 6.54 Å². The van der Waals surface area contributed by atoms with Crippen LogP contribution in [0.4, 0.5) is 0 Å². The van der Waals surface area contributed by atoms with E-state index in [1.54, 1.807) is 25.1 Å². The van der Waals surface area contributed by atoms with Crippen molar-refractivity contribution < 1.29 is 13.5 Å². The van der Waals surface area contributed by atoms with Gasteiger partial charge in [-0.25, -0.2) is 13.1 Å². The van der Waals surface area contributed by atoms with E-state index in [4.69, 9.17) is 5.26 Å². The molecule has 0 heterocycles. The van der Waals surface area contributed by atoms with Gasteiger partial charge in [0, 0.05) is 13.1 Å². The number of nitriles is 1. The molecule has 0 spiro atoms. The minimum Gasteiger partial charge on any atom is -0.387 e. The maximum atomic E-state index is 11.1. The van der Waals surface area contributed by atoms with Crippen LogP contribution in [-0.4, -0.2) is 57.0 Å². The Morgan fingerprint density at radius 2 is 2.07 bits per heavy atom. The zero-order valence-electron chi connectivity index (χ0n) is 9.19. The third kappa shape index (κ3) is 7.27. The van der Waals surface area contributed by atoms with Gasteiger partial charge in [0.15, 0.2) is 5.75 Å². The molecule has 88 valence electrons. The SMILES string of the molecule is CN(C)CC(C)(O)CNS(=O)(=O)CC#N.